The van der Waals surface area contributed by atoms with E-state index in [0.717, 1.165) is 11.1 Å². The van der Waals surface area contributed by atoms with Gasteiger partial charge >= 0.3 is 0 Å². The van der Waals surface area contributed by atoms with Crippen LogP contribution in [0.15, 0.2) is 30.3 Å². The van der Waals surface area contributed by atoms with Gasteiger partial charge in [-0.1, -0.05) is 29.8 Å². The van der Waals surface area contributed by atoms with Crippen molar-refractivity contribution in [3.05, 3.63) is 41.5 Å². The predicted molar refractivity (Wildman–Crippen MR) is 50.4 cm³/mol. The van der Waals surface area contributed by atoms with Crippen molar-refractivity contribution in [2.75, 3.05) is 0 Å². The number of nitriles is 1. The Morgan fingerprint density at radius 2 is 1.92 bits per heavy atom. The lowest BCUT2D eigenvalue weighted by atomic mass is 10.1. The topological polar surface area (TPSA) is 23.8 Å². The van der Waals surface area contributed by atoms with Crippen molar-refractivity contribution in [1.29, 1.82) is 5.26 Å². The van der Waals surface area contributed by atoms with Crippen LogP contribution in [0.2, 0.25) is 0 Å². The SMILES string of the molecule is C/C(=C/C#N)c1ccc(C)cc1. The Morgan fingerprint density at radius 1 is 1.33 bits per heavy atom. The van der Waals surface area contributed by atoms with Crippen LogP contribution >= 0.6 is 0 Å². The minimum atomic E-state index is 1.01. The Morgan fingerprint density at radius 3 is 2.42 bits per heavy atom. The van der Waals surface area contributed by atoms with Gasteiger partial charge in [-0.15, -0.1) is 0 Å². The van der Waals surface area contributed by atoms with Crippen molar-refractivity contribution in [2.24, 2.45) is 0 Å². The summed E-state index contributed by atoms with van der Waals surface area (Å²) in [7, 11) is 0. The van der Waals surface area contributed by atoms with Gasteiger partial charge in [0.1, 0.15) is 0 Å². The monoisotopic (exact) mass is 157 g/mol. The van der Waals surface area contributed by atoms with Crippen LogP contribution in [0, 0.1) is 18.3 Å². The maximum Gasteiger partial charge on any atom is 0.0915 e. The van der Waals surface area contributed by atoms with Crippen molar-refractivity contribution in [1.82, 2.24) is 0 Å². The van der Waals surface area contributed by atoms with Crippen LogP contribution in [-0.4, -0.2) is 0 Å². The zero-order valence-electron chi connectivity index (χ0n) is 7.33. The van der Waals surface area contributed by atoms with Gasteiger partial charge in [0.05, 0.1) is 6.07 Å². The fraction of sp³-hybridized carbons (Fsp3) is 0.182. The van der Waals surface area contributed by atoms with E-state index in [4.69, 9.17) is 5.26 Å². The third kappa shape index (κ3) is 1.96. The second-order valence-corrected chi connectivity index (χ2v) is 2.82. The minimum Gasteiger partial charge on any atom is -0.193 e. The van der Waals surface area contributed by atoms with Gasteiger partial charge < -0.3 is 0 Å². The molecule has 12 heavy (non-hydrogen) atoms. The van der Waals surface area contributed by atoms with E-state index in [1.165, 1.54) is 5.56 Å². The van der Waals surface area contributed by atoms with E-state index < -0.39 is 0 Å². The summed E-state index contributed by atoms with van der Waals surface area (Å²) in [6.07, 6.45) is 1.56. The largest absolute Gasteiger partial charge is 0.193 e. The quantitative estimate of drug-likeness (QED) is 0.575. The average Bonchev–Trinajstić information content (AvgIpc) is 2.06. The van der Waals surface area contributed by atoms with Gasteiger partial charge in [-0.25, -0.2) is 0 Å². The Bertz CT molecular complexity index is 325. The normalized spacial score (nSPS) is 10.9. The smallest absolute Gasteiger partial charge is 0.0915 e. The third-order valence-corrected chi connectivity index (χ3v) is 1.79. The molecule has 0 aliphatic heterocycles. The van der Waals surface area contributed by atoms with Crippen LogP contribution in [0.5, 0.6) is 0 Å². The fourth-order valence-electron chi connectivity index (χ4n) is 0.997. The summed E-state index contributed by atoms with van der Waals surface area (Å²) in [5.74, 6) is 0. The average molecular weight is 157 g/mol. The van der Waals surface area contributed by atoms with Gasteiger partial charge in [0.25, 0.3) is 0 Å². The molecular weight excluding hydrogens is 146 g/mol. The second kappa shape index (κ2) is 3.73. The molecule has 0 aromatic heterocycles. The molecule has 1 aromatic carbocycles. The Hall–Kier alpha value is -1.55. The highest BCUT2D eigenvalue weighted by atomic mass is 14.2. The number of hydrogen-bond acceptors (Lipinski definition) is 1. The van der Waals surface area contributed by atoms with Crippen LogP contribution in [0.3, 0.4) is 0 Å². The molecule has 0 N–H and O–H groups in total. The lowest BCUT2D eigenvalue weighted by Gasteiger charge is -1.99. The summed E-state index contributed by atoms with van der Waals surface area (Å²) in [5, 5.41) is 8.43. The van der Waals surface area contributed by atoms with Gasteiger partial charge in [-0.2, -0.15) is 5.26 Å². The van der Waals surface area contributed by atoms with Crippen molar-refractivity contribution in [3.8, 4) is 6.07 Å². The molecule has 0 spiro atoms. The molecule has 0 aliphatic rings. The number of hydrogen-bond donors (Lipinski definition) is 0. The maximum atomic E-state index is 8.43. The molecule has 0 amide bonds. The molecule has 0 bridgehead atoms. The molecule has 1 rings (SSSR count). The van der Waals surface area contributed by atoms with Gasteiger partial charge in [0.15, 0.2) is 0 Å². The zero-order chi connectivity index (χ0) is 8.97. The van der Waals surface area contributed by atoms with Gasteiger partial charge in [-0.05, 0) is 25.0 Å². The van der Waals surface area contributed by atoms with E-state index in [2.05, 4.69) is 0 Å². The zero-order valence-corrected chi connectivity index (χ0v) is 7.33. The summed E-state index contributed by atoms with van der Waals surface area (Å²) in [6.45, 7) is 3.99. The first-order valence-corrected chi connectivity index (χ1v) is 3.87. The molecule has 0 fully saturated rings. The molecule has 1 aromatic rings. The standard InChI is InChI=1S/C11H11N/c1-9-3-5-11(6-4-9)10(2)7-8-12/h3-7H,1-2H3/b10-7-. The third-order valence-electron chi connectivity index (χ3n) is 1.79. The molecule has 0 radical (unpaired) electrons. The Balaban J connectivity index is 2.99. The molecule has 60 valence electrons. The van der Waals surface area contributed by atoms with Crippen LogP contribution in [0.1, 0.15) is 18.1 Å². The van der Waals surface area contributed by atoms with Crippen LogP contribution in [0.25, 0.3) is 5.57 Å². The summed E-state index contributed by atoms with van der Waals surface area (Å²) < 4.78 is 0. The summed E-state index contributed by atoms with van der Waals surface area (Å²) in [6, 6.07) is 10.2. The molecule has 0 heterocycles. The van der Waals surface area contributed by atoms with Gasteiger partial charge in [0.2, 0.25) is 0 Å². The van der Waals surface area contributed by atoms with Crippen LogP contribution < -0.4 is 0 Å². The maximum absolute atomic E-state index is 8.43. The summed E-state index contributed by atoms with van der Waals surface area (Å²) in [5.41, 5.74) is 3.36. The van der Waals surface area contributed by atoms with E-state index in [0.29, 0.717) is 0 Å². The summed E-state index contributed by atoms with van der Waals surface area (Å²) in [4.78, 5) is 0. The van der Waals surface area contributed by atoms with E-state index in [9.17, 15) is 0 Å². The highest BCUT2D eigenvalue weighted by Crippen LogP contribution is 2.13. The molecule has 1 heteroatoms. The predicted octanol–water partition coefficient (Wildman–Crippen LogP) is 2.92. The molecule has 0 unspecified atom stereocenters. The summed E-state index contributed by atoms with van der Waals surface area (Å²) >= 11 is 0. The Kier molecular flexibility index (Phi) is 2.66. The molecule has 0 saturated carbocycles. The number of nitrogens with zero attached hydrogens (tertiary/aromatic N) is 1. The van der Waals surface area contributed by atoms with Crippen LogP contribution in [-0.2, 0) is 0 Å². The number of rotatable bonds is 1. The highest BCUT2D eigenvalue weighted by Gasteiger charge is 1.92. The van der Waals surface area contributed by atoms with Gasteiger partial charge in [0, 0.05) is 6.08 Å². The number of allylic oxidation sites excluding steroid dienone is 2. The lowest BCUT2D eigenvalue weighted by Crippen LogP contribution is -1.78. The number of aryl methyl sites for hydroxylation is 1. The molecule has 1 nitrogen and oxygen atoms in total. The van der Waals surface area contributed by atoms with Crippen molar-refractivity contribution in [3.63, 3.8) is 0 Å². The van der Waals surface area contributed by atoms with Crippen LogP contribution in [0.4, 0.5) is 0 Å². The van der Waals surface area contributed by atoms with E-state index >= 15 is 0 Å². The molecule has 0 saturated heterocycles. The van der Waals surface area contributed by atoms with Gasteiger partial charge in [-0.3, -0.25) is 0 Å². The Labute approximate surface area is 73.0 Å². The van der Waals surface area contributed by atoms with Crippen molar-refractivity contribution >= 4 is 5.57 Å². The molecule has 0 aliphatic carbocycles. The van der Waals surface area contributed by atoms with E-state index in [1.54, 1.807) is 6.08 Å². The number of benzene rings is 1. The second-order valence-electron chi connectivity index (χ2n) is 2.82. The first-order valence-electron chi connectivity index (χ1n) is 3.87. The fourth-order valence-corrected chi connectivity index (χ4v) is 0.997. The first kappa shape index (κ1) is 8.55. The molecular formula is C11H11N. The van der Waals surface area contributed by atoms with Crippen molar-refractivity contribution < 1.29 is 0 Å². The van der Waals surface area contributed by atoms with E-state index in [-0.39, 0.29) is 0 Å². The minimum absolute atomic E-state index is 1.01. The highest BCUT2D eigenvalue weighted by molar-refractivity contribution is 5.65. The lowest BCUT2D eigenvalue weighted by molar-refractivity contribution is 1.44. The molecule has 0 atom stereocenters. The first-order chi connectivity index (χ1) is 5.74. The van der Waals surface area contributed by atoms with E-state index in [1.807, 2.05) is 44.2 Å². The van der Waals surface area contributed by atoms with Crippen molar-refractivity contribution in [2.45, 2.75) is 13.8 Å².